The number of benzene rings is 1. The van der Waals surface area contributed by atoms with E-state index in [1.54, 1.807) is 6.92 Å². The minimum atomic E-state index is -4.64. The van der Waals surface area contributed by atoms with Crippen molar-refractivity contribution in [1.29, 1.82) is 0 Å². The molecule has 0 nitrogen and oxygen atoms in total. The largest absolute Gasteiger partial charge is 0.419 e. The molecule has 1 atom stereocenters. The van der Waals surface area contributed by atoms with Crippen molar-refractivity contribution in [3.05, 3.63) is 35.1 Å². The zero-order valence-corrected chi connectivity index (χ0v) is 8.79. The van der Waals surface area contributed by atoms with Crippen LogP contribution in [0.4, 0.5) is 17.6 Å². The molecule has 0 saturated heterocycles. The van der Waals surface area contributed by atoms with Crippen LogP contribution in [-0.4, -0.2) is 0 Å². The highest BCUT2D eigenvalue weighted by molar-refractivity contribution is 9.09. The fraction of sp³-hybridized carbons (Fsp3) is 0.333. The van der Waals surface area contributed by atoms with E-state index in [1.807, 2.05) is 0 Å². The molecule has 1 rings (SSSR count). The summed E-state index contributed by atoms with van der Waals surface area (Å²) in [4.78, 5) is -0.440. The Morgan fingerprint density at radius 2 is 1.86 bits per heavy atom. The number of hydrogen-bond acceptors (Lipinski definition) is 0. The summed E-state index contributed by atoms with van der Waals surface area (Å²) in [7, 11) is 0. The Labute approximate surface area is 87.1 Å². The molecule has 0 amide bonds. The van der Waals surface area contributed by atoms with Crippen molar-refractivity contribution in [2.75, 3.05) is 0 Å². The van der Waals surface area contributed by atoms with E-state index in [0.717, 1.165) is 6.07 Å². The lowest BCUT2D eigenvalue weighted by molar-refractivity contribution is -0.140. The Morgan fingerprint density at radius 1 is 1.29 bits per heavy atom. The molecule has 5 heteroatoms. The van der Waals surface area contributed by atoms with Crippen molar-refractivity contribution in [3.8, 4) is 0 Å². The van der Waals surface area contributed by atoms with Crippen molar-refractivity contribution in [2.45, 2.75) is 17.9 Å². The summed E-state index contributed by atoms with van der Waals surface area (Å²) in [5.41, 5.74) is -1.21. The minimum Gasteiger partial charge on any atom is -0.206 e. The van der Waals surface area contributed by atoms with Gasteiger partial charge in [0, 0.05) is 10.4 Å². The van der Waals surface area contributed by atoms with Gasteiger partial charge in [0.1, 0.15) is 5.82 Å². The monoisotopic (exact) mass is 270 g/mol. The molecule has 0 fully saturated rings. The molecule has 78 valence electrons. The van der Waals surface area contributed by atoms with Gasteiger partial charge in [-0.05, 0) is 13.0 Å². The van der Waals surface area contributed by atoms with Gasteiger partial charge in [-0.3, -0.25) is 0 Å². The van der Waals surface area contributed by atoms with Gasteiger partial charge in [-0.15, -0.1) is 0 Å². The molecule has 0 radical (unpaired) electrons. The maximum atomic E-state index is 13.3. The first-order valence-corrected chi connectivity index (χ1v) is 4.75. The van der Waals surface area contributed by atoms with E-state index in [9.17, 15) is 17.6 Å². The van der Waals surface area contributed by atoms with E-state index >= 15 is 0 Å². The smallest absolute Gasteiger partial charge is 0.206 e. The second kappa shape index (κ2) is 3.88. The van der Waals surface area contributed by atoms with Crippen molar-refractivity contribution in [3.63, 3.8) is 0 Å². The maximum absolute atomic E-state index is 13.3. The number of hydrogen-bond donors (Lipinski definition) is 0. The molecule has 0 heterocycles. The molecule has 1 aromatic rings. The predicted molar refractivity (Wildman–Crippen MR) is 48.7 cm³/mol. The highest BCUT2D eigenvalue weighted by Gasteiger charge is 2.35. The Morgan fingerprint density at radius 3 is 2.29 bits per heavy atom. The summed E-state index contributed by atoms with van der Waals surface area (Å²) in [6, 6.07) is 3.25. The Bertz CT molecular complexity index is 330. The Hall–Kier alpha value is -0.580. The topological polar surface area (TPSA) is 0 Å². The normalized spacial score (nSPS) is 14.1. The van der Waals surface area contributed by atoms with E-state index in [1.165, 1.54) is 12.1 Å². The third-order valence-corrected chi connectivity index (χ3v) is 2.26. The molecule has 14 heavy (non-hydrogen) atoms. The molecule has 0 spiro atoms. The van der Waals surface area contributed by atoms with Gasteiger partial charge < -0.3 is 0 Å². The number of rotatable bonds is 1. The maximum Gasteiger partial charge on any atom is 0.419 e. The average Bonchev–Trinajstić information content (AvgIpc) is 2.01. The van der Waals surface area contributed by atoms with Crippen molar-refractivity contribution >= 4 is 15.9 Å². The highest BCUT2D eigenvalue weighted by Crippen LogP contribution is 2.35. The highest BCUT2D eigenvalue weighted by atomic mass is 79.9. The van der Waals surface area contributed by atoms with Crippen LogP contribution in [0.1, 0.15) is 22.9 Å². The van der Waals surface area contributed by atoms with E-state index < -0.39 is 22.4 Å². The fourth-order valence-electron chi connectivity index (χ4n) is 1.08. The minimum absolute atomic E-state index is 0.0137. The van der Waals surface area contributed by atoms with Crippen LogP contribution in [-0.2, 0) is 6.18 Å². The lowest BCUT2D eigenvalue weighted by Crippen LogP contribution is -2.09. The molecule has 0 aliphatic rings. The molecule has 0 aliphatic carbocycles. The van der Waals surface area contributed by atoms with E-state index in [0.29, 0.717) is 0 Å². The lowest BCUT2D eigenvalue weighted by Gasteiger charge is -2.12. The second-order valence-electron chi connectivity index (χ2n) is 2.82. The van der Waals surface area contributed by atoms with Crippen molar-refractivity contribution in [1.82, 2.24) is 0 Å². The van der Waals surface area contributed by atoms with Gasteiger partial charge in [-0.2, -0.15) is 13.2 Å². The van der Waals surface area contributed by atoms with Crippen molar-refractivity contribution < 1.29 is 17.6 Å². The third kappa shape index (κ3) is 2.26. The first-order valence-electron chi connectivity index (χ1n) is 3.83. The van der Waals surface area contributed by atoms with Crippen LogP contribution in [0.2, 0.25) is 0 Å². The third-order valence-electron chi connectivity index (χ3n) is 1.76. The van der Waals surface area contributed by atoms with Crippen LogP contribution < -0.4 is 0 Å². The SMILES string of the molecule is CC(Br)c1cccc(C(F)(F)F)c1F. The van der Waals surface area contributed by atoms with Crippen LogP contribution in [0.15, 0.2) is 18.2 Å². The molecule has 0 N–H and O–H groups in total. The molecule has 0 bridgehead atoms. The summed E-state index contributed by atoms with van der Waals surface area (Å²) in [6.07, 6.45) is -4.64. The fourth-order valence-corrected chi connectivity index (χ4v) is 1.43. The molecular weight excluding hydrogens is 264 g/mol. The molecular formula is C9H7BrF4. The Balaban J connectivity index is 3.28. The average molecular weight is 271 g/mol. The van der Waals surface area contributed by atoms with Gasteiger partial charge >= 0.3 is 6.18 Å². The first kappa shape index (κ1) is 11.5. The molecule has 1 aromatic carbocycles. The summed E-state index contributed by atoms with van der Waals surface area (Å²) >= 11 is 3.03. The standard InChI is InChI=1S/C9H7BrF4/c1-5(10)6-3-2-4-7(8(6)11)9(12,13)14/h2-5H,1H3. The van der Waals surface area contributed by atoms with Gasteiger partial charge in [0.25, 0.3) is 0 Å². The predicted octanol–water partition coefficient (Wildman–Crippen LogP) is 4.30. The summed E-state index contributed by atoms with van der Waals surface area (Å²) < 4.78 is 50.0. The molecule has 0 aromatic heterocycles. The summed E-state index contributed by atoms with van der Waals surface area (Å²) in [6.45, 7) is 1.57. The zero-order valence-electron chi connectivity index (χ0n) is 7.20. The molecule has 1 unspecified atom stereocenters. The van der Waals surface area contributed by atoms with Crippen LogP contribution in [0.3, 0.4) is 0 Å². The van der Waals surface area contributed by atoms with E-state index in [-0.39, 0.29) is 5.56 Å². The molecule has 0 saturated carbocycles. The van der Waals surface area contributed by atoms with Gasteiger partial charge in [-0.25, -0.2) is 4.39 Å². The summed E-state index contributed by atoms with van der Waals surface area (Å²) in [5.74, 6) is -1.20. The first-order chi connectivity index (χ1) is 6.34. The molecule has 0 aliphatic heterocycles. The van der Waals surface area contributed by atoms with E-state index in [4.69, 9.17) is 0 Å². The van der Waals surface area contributed by atoms with Crippen LogP contribution in [0, 0.1) is 5.82 Å². The van der Waals surface area contributed by atoms with Crippen LogP contribution >= 0.6 is 15.9 Å². The zero-order chi connectivity index (χ0) is 10.9. The quantitative estimate of drug-likeness (QED) is 0.527. The van der Waals surface area contributed by atoms with Crippen LogP contribution in [0.25, 0.3) is 0 Å². The van der Waals surface area contributed by atoms with Gasteiger partial charge in [0.2, 0.25) is 0 Å². The lowest BCUT2D eigenvalue weighted by atomic mass is 10.1. The number of alkyl halides is 4. The van der Waals surface area contributed by atoms with Crippen molar-refractivity contribution in [2.24, 2.45) is 0 Å². The second-order valence-corrected chi connectivity index (χ2v) is 4.20. The Kier molecular flexibility index (Phi) is 3.19. The van der Waals surface area contributed by atoms with Crippen LogP contribution in [0.5, 0.6) is 0 Å². The van der Waals surface area contributed by atoms with Gasteiger partial charge in [0.05, 0.1) is 5.56 Å². The summed E-state index contributed by atoms with van der Waals surface area (Å²) in [5, 5.41) is 0. The van der Waals surface area contributed by atoms with Gasteiger partial charge in [-0.1, -0.05) is 28.1 Å². The van der Waals surface area contributed by atoms with E-state index in [2.05, 4.69) is 15.9 Å². The van der Waals surface area contributed by atoms with Gasteiger partial charge in [0.15, 0.2) is 0 Å². The number of halogens is 5.